The number of alkyl halides is 1. The molecular formula is C76H144IN12O15-. The van der Waals surface area contributed by atoms with Gasteiger partial charge in [-0.15, -0.1) is 0 Å². The van der Waals surface area contributed by atoms with Gasteiger partial charge in [-0.25, -0.2) is 0 Å². The van der Waals surface area contributed by atoms with Gasteiger partial charge in [0.2, 0.25) is 41.4 Å². The number of aliphatic imine (C=N–C) groups is 1. The summed E-state index contributed by atoms with van der Waals surface area (Å²) in [6.45, 7) is 17.6. The molecule has 0 aromatic heterocycles. The number of carbonyl (C=O) groups is 9. The SMILES string of the molecule is C/C=C/[I-]CCCC(C)(C)CCCC(C)(C)C(=O)N[C@@H](CCCN=C(N)N)C(=O)N[C@@H](CCCCNC(=O)COCCOCCNC(=O)[C@H](CCCCNC(=O)COCCOCCNC(=O)CCCCCCCCCCC)NC(=O)COCCOCCNC(=O)CCCCCCCCCCC)C(N)=O. The zero-order valence-corrected chi connectivity index (χ0v) is 67.5. The van der Waals surface area contributed by atoms with Crippen LogP contribution in [0.3, 0.4) is 0 Å². The quantitative estimate of drug-likeness (QED) is 0.0132. The molecule has 0 bridgehead atoms. The topological polar surface area (TPSA) is 396 Å². The fourth-order valence-corrected chi connectivity index (χ4v) is 12.8. The number of hydrogen-bond donors (Lipinski definition) is 11. The summed E-state index contributed by atoms with van der Waals surface area (Å²) in [4.78, 5) is 120. The fourth-order valence-electron chi connectivity index (χ4n) is 11.1. The molecule has 0 saturated carbocycles. The van der Waals surface area contributed by atoms with E-state index in [4.69, 9.17) is 45.6 Å². The van der Waals surface area contributed by atoms with Crippen LogP contribution in [0.4, 0.5) is 0 Å². The van der Waals surface area contributed by atoms with E-state index in [1.54, 1.807) is 0 Å². The van der Waals surface area contributed by atoms with Crippen molar-refractivity contribution in [2.24, 2.45) is 33.0 Å². The predicted octanol–water partition coefficient (Wildman–Crippen LogP) is 4.47. The molecule has 606 valence electrons. The Hall–Kier alpha value is -5.27. The van der Waals surface area contributed by atoms with Gasteiger partial charge < -0.3 is 82.8 Å². The summed E-state index contributed by atoms with van der Waals surface area (Å²) in [5, 5.41) is 22.5. The average Bonchev–Trinajstić information content (AvgIpc) is 0.853. The van der Waals surface area contributed by atoms with Gasteiger partial charge in [-0.2, -0.15) is 0 Å². The zero-order chi connectivity index (χ0) is 77.0. The fraction of sp³-hybridized carbons (Fsp3) is 0.842. The van der Waals surface area contributed by atoms with Crippen molar-refractivity contribution in [3.63, 3.8) is 0 Å². The van der Waals surface area contributed by atoms with Gasteiger partial charge in [0.1, 0.15) is 31.9 Å². The van der Waals surface area contributed by atoms with E-state index in [1.807, 2.05) is 13.8 Å². The Morgan fingerprint density at radius 2 is 0.817 bits per heavy atom. The maximum atomic E-state index is 13.7. The number of unbranched alkanes of at least 4 members (excludes halogenated alkanes) is 18. The van der Waals surface area contributed by atoms with Crippen LogP contribution in [0.2, 0.25) is 0 Å². The molecule has 27 nitrogen and oxygen atoms in total. The smallest absolute Gasteiger partial charge is 0.377 e. The van der Waals surface area contributed by atoms with E-state index < -0.39 is 47.2 Å². The zero-order valence-electron chi connectivity index (χ0n) is 65.3. The van der Waals surface area contributed by atoms with Gasteiger partial charge in [0, 0.05) is 52.1 Å². The monoisotopic (exact) mass is 1590 g/mol. The number of rotatable bonds is 74. The van der Waals surface area contributed by atoms with Gasteiger partial charge in [-0.05, 0) is 57.8 Å². The Morgan fingerprint density at radius 1 is 0.404 bits per heavy atom. The number of nitrogens with zero attached hydrogens (tertiary/aromatic N) is 1. The summed E-state index contributed by atoms with van der Waals surface area (Å²) in [6, 6.07) is -2.90. The number of nitrogens with one attached hydrogen (secondary N) is 8. The van der Waals surface area contributed by atoms with Crippen molar-refractivity contribution in [3.05, 3.63) is 10.2 Å². The van der Waals surface area contributed by atoms with Crippen molar-refractivity contribution in [2.45, 2.75) is 278 Å². The Kier molecular flexibility index (Phi) is 64.8. The first kappa shape index (κ1) is 98.7. The second-order valence-corrected chi connectivity index (χ2v) is 30.9. The maximum absolute atomic E-state index is 13.7. The second-order valence-electron chi connectivity index (χ2n) is 28.2. The van der Waals surface area contributed by atoms with E-state index in [2.05, 4.69) is 92.3 Å². The van der Waals surface area contributed by atoms with E-state index in [1.165, 1.54) is 94.3 Å². The summed E-state index contributed by atoms with van der Waals surface area (Å²) in [7, 11) is 0. The second kappa shape index (κ2) is 68.3. The minimum absolute atomic E-state index is 0.00287. The van der Waals surface area contributed by atoms with Crippen molar-refractivity contribution in [1.29, 1.82) is 0 Å². The molecule has 14 N–H and O–H groups in total. The van der Waals surface area contributed by atoms with Crippen LogP contribution >= 0.6 is 0 Å². The number of guanidine groups is 1. The third kappa shape index (κ3) is 62.9. The Morgan fingerprint density at radius 3 is 1.29 bits per heavy atom. The molecule has 9 amide bonds. The number of carbonyl (C=O) groups excluding carboxylic acids is 9. The summed E-state index contributed by atoms with van der Waals surface area (Å²) < 4.78 is 36.8. The number of amides is 9. The van der Waals surface area contributed by atoms with Crippen LogP contribution in [0.1, 0.15) is 260 Å². The molecule has 0 heterocycles. The number of allylic oxidation sites excluding steroid dienone is 1. The van der Waals surface area contributed by atoms with Gasteiger partial charge in [-0.3, -0.25) is 43.3 Å². The first-order valence-corrected chi connectivity index (χ1v) is 42.1. The van der Waals surface area contributed by atoms with Gasteiger partial charge in [-0.1, -0.05) is 117 Å². The number of hydrogen-bond acceptors (Lipinski definition) is 16. The predicted molar refractivity (Wildman–Crippen MR) is 407 cm³/mol. The van der Waals surface area contributed by atoms with Crippen molar-refractivity contribution < 1.29 is 92.8 Å². The molecule has 28 heteroatoms. The van der Waals surface area contributed by atoms with Crippen LogP contribution in [0, 0.1) is 10.8 Å². The van der Waals surface area contributed by atoms with E-state index in [-0.39, 0.29) is 167 Å². The van der Waals surface area contributed by atoms with E-state index >= 15 is 0 Å². The van der Waals surface area contributed by atoms with Crippen LogP contribution in [-0.2, 0) is 71.6 Å². The van der Waals surface area contributed by atoms with Gasteiger partial charge >= 0.3 is 148 Å². The standard InChI is InChI=1S/C76H144IN12O15/c1-8-11-13-15-17-19-21-23-25-37-65(90)83-47-50-99-53-56-102-60-68(93)82-45-30-28-35-63(87-69(94)61-104-58-55-100-51-48-84-66(91)38-26-24-22-20-18-16-14-12-9-2)71(96)85-49-52-101-54-57-103-59-67(92)81-44-29-27-34-62(70(78)95)88-72(97)64(36-31-46-86-74(79)80)89-73(98)76(6,7)41-32-39-75(4,5)40-33-43-77-42-10-3/h10,42,62-64H,8-9,11-41,43-61H2,1-7H3,(H2,78,95)(H,81,92)(H,82,93)(H,83,90)(H,84,91)(H,85,96)(H,87,94)(H,88,97)(H,89,98)(H4,79,80,86)/q-1/b42-10+/t62-,63-,64-/m0/s1. The Labute approximate surface area is 635 Å². The Balaban J connectivity index is 4.96. The third-order valence-electron chi connectivity index (χ3n) is 17.5. The minimum Gasteiger partial charge on any atom is -0.377 e. The normalized spacial score (nSPS) is 12.5. The molecule has 0 aliphatic heterocycles. The minimum atomic E-state index is -1.02. The molecular weight excluding hydrogens is 1450 g/mol. The van der Waals surface area contributed by atoms with E-state index in [0.717, 1.165) is 51.4 Å². The molecule has 104 heavy (non-hydrogen) atoms. The van der Waals surface area contributed by atoms with E-state index in [0.29, 0.717) is 84.2 Å². The van der Waals surface area contributed by atoms with Crippen molar-refractivity contribution in [2.75, 3.05) is 123 Å². The van der Waals surface area contributed by atoms with Gasteiger partial charge in [0.15, 0.2) is 5.96 Å². The molecule has 0 spiro atoms. The molecule has 0 unspecified atom stereocenters. The van der Waals surface area contributed by atoms with Gasteiger partial charge in [0.25, 0.3) is 0 Å². The third-order valence-corrected chi connectivity index (χ3v) is 20.1. The van der Waals surface area contributed by atoms with Gasteiger partial charge in [0.05, 0.1) is 59.5 Å². The number of halogens is 1. The Bertz CT molecular complexity index is 2320. The molecule has 3 atom stereocenters. The number of ether oxygens (including phenoxy) is 6. The van der Waals surface area contributed by atoms with Crippen molar-refractivity contribution >= 4 is 59.1 Å². The summed E-state index contributed by atoms with van der Waals surface area (Å²) >= 11 is 0.107. The van der Waals surface area contributed by atoms with Crippen molar-refractivity contribution in [3.8, 4) is 0 Å². The molecule has 0 rings (SSSR count). The molecule has 0 aliphatic carbocycles. The first-order valence-electron chi connectivity index (χ1n) is 39.3. The summed E-state index contributed by atoms with van der Waals surface area (Å²) in [5.74, 6) is -3.23. The molecule has 0 aromatic carbocycles. The van der Waals surface area contributed by atoms with Crippen LogP contribution in [0.5, 0.6) is 0 Å². The molecule has 0 aromatic rings. The van der Waals surface area contributed by atoms with Crippen LogP contribution in [0.15, 0.2) is 15.2 Å². The average molecular weight is 1590 g/mol. The number of nitrogens with two attached hydrogens (primary N) is 3. The molecule has 0 aliphatic rings. The van der Waals surface area contributed by atoms with Crippen LogP contribution in [0.25, 0.3) is 0 Å². The summed E-state index contributed by atoms with van der Waals surface area (Å²) in [6.07, 6.45) is 32.3. The summed E-state index contributed by atoms with van der Waals surface area (Å²) in [5.41, 5.74) is 16.2. The van der Waals surface area contributed by atoms with Crippen LogP contribution in [-0.4, -0.2) is 200 Å². The first-order chi connectivity index (χ1) is 50.1. The van der Waals surface area contributed by atoms with Crippen LogP contribution < -0.4 is 80.9 Å². The van der Waals surface area contributed by atoms with Crippen molar-refractivity contribution in [1.82, 2.24) is 42.5 Å². The molecule has 0 saturated heterocycles. The molecule has 0 radical (unpaired) electrons. The van der Waals surface area contributed by atoms with E-state index in [9.17, 15) is 43.2 Å². The number of primary amides is 1. The molecule has 0 fully saturated rings.